The van der Waals surface area contributed by atoms with E-state index in [9.17, 15) is 0 Å². The molecule has 2 aromatic carbocycles. The van der Waals surface area contributed by atoms with E-state index in [4.69, 9.17) is 16.3 Å². The number of benzene rings is 2. The van der Waals surface area contributed by atoms with Crippen molar-refractivity contribution in [2.24, 2.45) is 0 Å². The summed E-state index contributed by atoms with van der Waals surface area (Å²) >= 11 is 6.09. The zero-order valence-electron chi connectivity index (χ0n) is 10.8. The van der Waals surface area contributed by atoms with Gasteiger partial charge in [-0.05, 0) is 36.2 Å². The van der Waals surface area contributed by atoms with Crippen LogP contribution in [-0.2, 0) is 0 Å². The minimum atomic E-state index is 0.251. The van der Waals surface area contributed by atoms with Crippen molar-refractivity contribution >= 4 is 11.6 Å². The van der Waals surface area contributed by atoms with Crippen LogP contribution in [0.5, 0.6) is 5.75 Å². The fraction of sp³-hybridized carbons (Fsp3) is 0.250. The Kier molecular flexibility index (Phi) is 3.45. The highest BCUT2D eigenvalue weighted by Crippen LogP contribution is 2.35. The molecule has 0 amide bonds. The van der Waals surface area contributed by atoms with E-state index in [1.807, 2.05) is 30.3 Å². The smallest absolute Gasteiger partial charge is 0.129 e. The largest absolute Gasteiger partial charge is 0.487 e. The van der Waals surface area contributed by atoms with Crippen molar-refractivity contribution in [1.29, 1.82) is 0 Å². The lowest BCUT2D eigenvalue weighted by molar-refractivity contribution is 0.143. The summed E-state index contributed by atoms with van der Waals surface area (Å²) in [6, 6.07) is 14.2. The highest BCUT2D eigenvalue weighted by molar-refractivity contribution is 6.30. The van der Waals surface area contributed by atoms with E-state index in [2.05, 4.69) is 24.4 Å². The van der Waals surface area contributed by atoms with Crippen molar-refractivity contribution in [2.45, 2.75) is 13.0 Å². The van der Waals surface area contributed by atoms with Crippen molar-refractivity contribution in [3.63, 3.8) is 0 Å². The van der Waals surface area contributed by atoms with Gasteiger partial charge in [0.15, 0.2) is 0 Å². The van der Waals surface area contributed by atoms with Crippen LogP contribution >= 0.6 is 11.6 Å². The van der Waals surface area contributed by atoms with Gasteiger partial charge >= 0.3 is 0 Å². The fourth-order valence-corrected chi connectivity index (χ4v) is 2.38. The molecule has 0 atom stereocenters. The van der Waals surface area contributed by atoms with Gasteiger partial charge in [-0.15, -0.1) is 0 Å². The van der Waals surface area contributed by atoms with Gasteiger partial charge < -0.3 is 10.1 Å². The second-order valence-electron chi connectivity index (χ2n) is 4.85. The third-order valence-electron chi connectivity index (χ3n) is 3.42. The van der Waals surface area contributed by atoms with Crippen molar-refractivity contribution < 1.29 is 4.74 Å². The van der Waals surface area contributed by atoms with Gasteiger partial charge in [-0.3, -0.25) is 0 Å². The molecule has 0 radical (unpaired) electrons. The first-order chi connectivity index (χ1) is 9.24. The number of hydrogen-bond donors (Lipinski definition) is 1. The zero-order chi connectivity index (χ0) is 13.2. The molecule has 3 heteroatoms. The van der Waals surface area contributed by atoms with Crippen LogP contribution in [0.1, 0.15) is 5.56 Å². The van der Waals surface area contributed by atoms with Crippen molar-refractivity contribution in [3.05, 3.63) is 53.1 Å². The predicted octanol–water partition coefficient (Wildman–Crippen LogP) is 3.67. The molecule has 0 bridgehead atoms. The summed E-state index contributed by atoms with van der Waals surface area (Å²) in [5, 5.41) is 3.92. The molecule has 19 heavy (non-hydrogen) atoms. The molecule has 2 aromatic rings. The van der Waals surface area contributed by atoms with E-state index in [-0.39, 0.29) is 6.10 Å². The molecule has 1 fully saturated rings. The monoisotopic (exact) mass is 273 g/mol. The Balaban J connectivity index is 2.02. The molecule has 1 heterocycles. The van der Waals surface area contributed by atoms with Gasteiger partial charge in [-0.1, -0.05) is 35.9 Å². The van der Waals surface area contributed by atoms with Gasteiger partial charge in [0.05, 0.1) is 0 Å². The van der Waals surface area contributed by atoms with Crippen LogP contribution in [0.25, 0.3) is 11.1 Å². The summed E-state index contributed by atoms with van der Waals surface area (Å²) in [5.41, 5.74) is 3.54. The number of ether oxygens (including phenoxy) is 1. The van der Waals surface area contributed by atoms with Crippen LogP contribution in [0, 0.1) is 6.92 Å². The summed E-state index contributed by atoms with van der Waals surface area (Å²) in [6.45, 7) is 3.91. The topological polar surface area (TPSA) is 21.3 Å². The predicted molar refractivity (Wildman–Crippen MR) is 78.9 cm³/mol. The standard InChI is InChI=1S/C16H16ClNO/c1-11-4-2-3-5-14(11)15-7-6-12(17)8-16(15)19-13-9-18-10-13/h2-8,13,18H,9-10H2,1H3. The average Bonchev–Trinajstić information content (AvgIpc) is 2.35. The second-order valence-corrected chi connectivity index (χ2v) is 5.29. The van der Waals surface area contributed by atoms with E-state index >= 15 is 0 Å². The van der Waals surface area contributed by atoms with E-state index in [1.165, 1.54) is 11.1 Å². The SMILES string of the molecule is Cc1ccccc1-c1ccc(Cl)cc1OC1CNC1. The van der Waals surface area contributed by atoms with Gasteiger partial charge in [0, 0.05) is 23.7 Å². The maximum Gasteiger partial charge on any atom is 0.129 e. The molecule has 1 aliphatic rings. The first-order valence-electron chi connectivity index (χ1n) is 6.47. The number of hydrogen-bond acceptors (Lipinski definition) is 2. The Labute approximate surface area is 118 Å². The third-order valence-corrected chi connectivity index (χ3v) is 3.65. The molecular weight excluding hydrogens is 258 g/mol. The fourth-order valence-electron chi connectivity index (χ4n) is 2.22. The number of nitrogens with one attached hydrogen (secondary N) is 1. The second kappa shape index (κ2) is 5.24. The number of rotatable bonds is 3. The van der Waals surface area contributed by atoms with Crippen molar-refractivity contribution in [2.75, 3.05) is 13.1 Å². The summed E-state index contributed by atoms with van der Waals surface area (Å²) in [7, 11) is 0. The van der Waals surface area contributed by atoms with E-state index in [0.717, 1.165) is 24.4 Å². The lowest BCUT2D eigenvalue weighted by atomic mass is 10.00. The van der Waals surface area contributed by atoms with Gasteiger partial charge in [0.25, 0.3) is 0 Å². The Morgan fingerprint density at radius 1 is 1.11 bits per heavy atom. The maximum absolute atomic E-state index is 6.09. The molecule has 1 aliphatic heterocycles. The Morgan fingerprint density at radius 3 is 2.58 bits per heavy atom. The van der Waals surface area contributed by atoms with Gasteiger partial charge in [0.2, 0.25) is 0 Å². The van der Waals surface area contributed by atoms with Gasteiger partial charge in [-0.25, -0.2) is 0 Å². The first kappa shape index (κ1) is 12.5. The van der Waals surface area contributed by atoms with Gasteiger partial charge in [0.1, 0.15) is 11.9 Å². The average molecular weight is 274 g/mol. The molecule has 3 rings (SSSR count). The normalized spacial score (nSPS) is 15.1. The molecule has 2 nitrogen and oxygen atoms in total. The number of halogens is 1. The van der Waals surface area contributed by atoms with Crippen LogP contribution in [0.2, 0.25) is 5.02 Å². The molecule has 0 aliphatic carbocycles. The molecule has 0 spiro atoms. The Hall–Kier alpha value is -1.51. The van der Waals surface area contributed by atoms with E-state index in [1.54, 1.807) is 0 Å². The quantitative estimate of drug-likeness (QED) is 0.921. The lowest BCUT2D eigenvalue weighted by Crippen LogP contribution is -2.50. The molecule has 0 saturated carbocycles. The molecule has 0 unspecified atom stereocenters. The molecule has 0 aromatic heterocycles. The van der Waals surface area contributed by atoms with Crippen LogP contribution in [0.3, 0.4) is 0 Å². The third kappa shape index (κ3) is 2.60. The minimum Gasteiger partial charge on any atom is -0.487 e. The highest BCUT2D eigenvalue weighted by Gasteiger charge is 2.20. The van der Waals surface area contributed by atoms with Crippen LogP contribution in [0.4, 0.5) is 0 Å². The molecular formula is C16H16ClNO. The Morgan fingerprint density at radius 2 is 1.89 bits per heavy atom. The lowest BCUT2D eigenvalue weighted by Gasteiger charge is -2.29. The first-order valence-corrected chi connectivity index (χ1v) is 6.85. The summed E-state index contributed by atoms with van der Waals surface area (Å²) in [5.74, 6) is 0.869. The van der Waals surface area contributed by atoms with Crippen LogP contribution in [0.15, 0.2) is 42.5 Å². The minimum absolute atomic E-state index is 0.251. The Bertz CT molecular complexity index is 593. The van der Waals surface area contributed by atoms with E-state index < -0.39 is 0 Å². The van der Waals surface area contributed by atoms with Crippen molar-refractivity contribution in [1.82, 2.24) is 5.32 Å². The number of aryl methyl sites for hydroxylation is 1. The summed E-state index contributed by atoms with van der Waals surface area (Å²) in [6.07, 6.45) is 0.251. The van der Waals surface area contributed by atoms with Crippen LogP contribution < -0.4 is 10.1 Å². The summed E-state index contributed by atoms with van der Waals surface area (Å²) < 4.78 is 6.02. The maximum atomic E-state index is 6.09. The zero-order valence-corrected chi connectivity index (χ0v) is 11.6. The summed E-state index contributed by atoms with van der Waals surface area (Å²) in [4.78, 5) is 0. The van der Waals surface area contributed by atoms with Crippen LogP contribution in [-0.4, -0.2) is 19.2 Å². The highest BCUT2D eigenvalue weighted by atomic mass is 35.5. The molecule has 98 valence electrons. The van der Waals surface area contributed by atoms with E-state index in [0.29, 0.717) is 5.02 Å². The molecule has 1 saturated heterocycles. The molecule has 1 N–H and O–H groups in total. The van der Waals surface area contributed by atoms with Crippen molar-refractivity contribution in [3.8, 4) is 16.9 Å². The van der Waals surface area contributed by atoms with Gasteiger partial charge in [-0.2, -0.15) is 0 Å².